The van der Waals surface area contributed by atoms with Crippen molar-refractivity contribution in [2.45, 2.75) is 24.7 Å². The second kappa shape index (κ2) is 7.35. The Bertz CT molecular complexity index is 499. The summed E-state index contributed by atoms with van der Waals surface area (Å²) in [5.41, 5.74) is 6.07. The third-order valence-corrected chi connectivity index (χ3v) is 3.65. The zero-order valence-electron chi connectivity index (χ0n) is 11.4. The fourth-order valence-corrected chi connectivity index (χ4v) is 2.10. The van der Waals surface area contributed by atoms with Crippen molar-refractivity contribution < 1.29 is 17.9 Å². The normalized spacial score (nSPS) is 11.5. The molecule has 0 aliphatic heterocycles. The lowest BCUT2D eigenvalue weighted by Crippen LogP contribution is -2.09. The molecule has 0 fully saturated rings. The molecule has 1 aromatic carbocycles. The Balaban J connectivity index is 2.47. The van der Waals surface area contributed by atoms with Crippen LogP contribution in [-0.4, -0.2) is 34.5 Å². The summed E-state index contributed by atoms with van der Waals surface area (Å²) in [6.07, 6.45) is 3.27. The minimum atomic E-state index is -3.24. The summed E-state index contributed by atoms with van der Waals surface area (Å²) in [4.78, 5) is 0.191. The van der Waals surface area contributed by atoms with Gasteiger partial charge in [-0.15, -0.1) is 0 Å². The number of unbranched alkanes of at least 4 members (excludes halogenated alkanes) is 1. The molecular formula is C13H21NO4S. The average molecular weight is 287 g/mol. The fraction of sp³-hybridized carbons (Fsp3) is 0.538. The number of anilines is 1. The lowest BCUT2D eigenvalue weighted by Gasteiger charge is -2.10. The highest BCUT2D eigenvalue weighted by Gasteiger charge is 2.09. The van der Waals surface area contributed by atoms with E-state index in [1.54, 1.807) is 6.07 Å². The highest BCUT2D eigenvalue weighted by molar-refractivity contribution is 7.90. The van der Waals surface area contributed by atoms with Crippen LogP contribution in [0, 0.1) is 0 Å². The zero-order valence-corrected chi connectivity index (χ0v) is 12.2. The van der Waals surface area contributed by atoms with E-state index >= 15 is 0 Å². The summed E-state index contributed by atoms with van der Waals surface area (Å²) in [5, 5.41) is 0. The first kappa shape index (κ1) is 15.8. The molecule has 0 aliphatic carbocycles. The van der Waals surface area contributed by atoms with Gasteiger partial charge in [-0.2, -0.15) is 0 Å². The summed E-state index contributed by atoms with van der Waals surface area (Å²) in [6.45, 7) is 3.71. The molecule has 0 heterocycles. The minimum absolute atomic E-state index is 0.191. The van der Waals surface area contributed by atoms with Gasteiger partial charge in [-0.1, -0.05) is 13.3 Å². The van der Waals surface area contributed by atoms with E-state index in [2.05, 4.69) is 6.92 Å². The molecule has 0 spiro atoms. The van der Waals surface area contributed by atoms with E-state index in [0.29, 0.717) is 24.7 Å². The van der Waals surface area contributed by atoms with E-state index in [1.165, 1.54) is 12.1 Å². The van der Waals surface area contributed by atoms with Crippen LogP contribution in [0.5, 0.6) is 5.75 Å². The molecule has 0 radical (unpaired) electrons. The van der Waals surface area contributed by atoms with E-state index in [0.717, 1.165) is 25.7 Å². The van der Waals surface area contributed by atoms with Gasteiger partial charge in [0, 0.05) is 12.9 Å². The van der Waals surface area contributed by atoms with E-state index < -0.39 is 9.84 Å². The molecular weight excluding hydrogens is 266 g/mol. The molecule has 0 amide bonds. The lowest BCUT2D eigenvalue weighted by molar-refractivity contribution is 0.0983. The Morgan fingerprint density at radius 3 is 2.53 bits per heavy atom. The molecule has 108 valence electrons. The minimum Gasteiger partial charge on any atom is -0.489 e. The van der Waals surface area contributed by atoms with Gasteiger partial charge in [0.05, 0.1) is 17.2 Å². The van der Waals surface area contributed by atoms with Crippen LogP contribution in [0.1, 0.15) is 19.8 Å². The van der Waals surface area contributed by atoms with Crippen LogP contribution in [0.15, 0.2) is 23.1 Å². The Hall–Kier alpha value is -1.27. The third kappa shape index (κ3) is 5.48. The molecule has 1 rings (SSSR count). The molecule has 0 aliphatic rings. The topological polar surface area (TPSA) is 78.6 Å². The molecule has 0 aromatic heterocycles. The maximum Gasteiger partial charge on any atom is 0.175 e. The van der Waals surface area contributed by atoms with Crippen molar-refractivity contribution in [3.8, 4) is 5.75 Å². The molecule has 1 aromatic rings. The number of rotatable bonds is 8. The van der Waals surface area contributed by atoms with Crippen molar-refractivity contribution in [2.24, 2.45) is 0 Å². The number of ether oxygens (including phenoxy) is 2. The van der Waals surface area contributed by atoms with E-state index in [9.17, 15) is 8.42 Å². The van der Waals surface area contributed by atoms with Crippen LogP contribution in [0.4, 0.5) is 5.69 Å². The van der Waals surface area contributed by atoms with Crippen molar-refractivity contribution in [1.82, 2.24) is 0 Å². The molecule has 19 heavy (non-hydrogen) atoms. The molecule has 6 heteroatoms. The van der Waals surface area contributed by atoms with Gasteiger partial charge in [0.15, 0.2) is 9.84 Å². The largest absolute Gasteiger partial charge is 0.489 e. The van der Waals surface area contributed by atoms with Gasteiger partial charge in [-0.25, -0.2) is 8.42 Å². The van der Waals surface area contributed by atoms with Crippen LogP contribution < -0.4 is 10.5 Å². The predicted octanol–water partition coefficient (Wildman–Crippen LogP) is 1.87. The van der Waals surface area contributed by atoms with E-state index in [1.807, 2.05) is 0 Å². The van der Waals surface area contributed by atoms with Crippen LogP contribution in [0.3, 0.4) is 0 Å². The van der Waals surface area contributed by atoms with Gasteiger partial charge in [0.1, 0.15) is 12.4 Å². The Labute approximate surface area is 114 Å². The van der Waals surface area contributed by atoms with Crippen molar-refractivity contribution in [2.75, 3.05) is 31.8 Å². The molecule has 5 nitrogen and oxygen atoms in total. The van der Waals surface area contributed by atoms with Gasteiger partial charge in [0.2, 0.25) is 0 Å². The summed E-state index contributed by atoms with van der Waals surface area (Å²) < 4.78 is 33.5. The van der Waals surface area contributed by atoms with Crippen molar-refractivity contribution in [3.63, 3.8) is 0 Å². The van der Waals surface area contributed by atoms with Gasteiger partial charge in [0.25, 0.3) is 0 Å². The first-order chi connectivity index (χ1) is 8.95. The second-order valence-electron chi connectivity index (χ2n) is 4.29. The summed E-state index contributed by atoms with van der Waals surface area (Å²) in [6, 6.07) is 4.46. The molecule has 2 N–H and O–H groups in total. The van der Waals surface area contributed by atoms with E-state index in [4.69, 9.17) is 15.2 Å². The smallest absolute Gasteiger partial charge is 0.175 e. The summed E-state index contributed by atoms with van der Waals surface area (Å²) in [7, 11) is -3.24. The number of nitrogens with two attached hydrogens (primary N) is 1. The highest BCUT2D eigenvalue weighted by Crippen LogP contribution is 2.24. The first-order valence-corrected chi connectivity index (χ1v) is 8.14. The van der Waals surface area contributed by atoms with Crippen LogP contribution >= 0.6 is 0 Å². The Kier molecular flexibility index (Phi) is 6.11. The second-order valence-corrected chi connectivity index (χ2v) is 6.30. The summed E-state index contributed by atoms with van der Waals surface area (Å²) >= 11 is 0. The van der Waals surface area contributed by atoms with Crippen molar-refractivity contribution >= 4 is 15.5 Å². The standard InChI is InChI=1S/C13H21NO4S/c1-3-4-7-17-8-9-18-13-6-5-11(10-12(13)14)19(2,15)16/h5-6,10H,3-4,7-9,14H2,1-2H3. The van der Waals surface area contributed by atoms with Gasteiger partial charge < -0.3 is 15.2 Å². The fourth-order valence-electron chi connectivity index (χ4n) is 1.45. The number of hydrogen-bond acceptors (Lipinski definition) is 5. The van der Waals surface area contributed by atoms with Crippen LogP contribution in [0.2, 0.25) is 0 Å². The monoisotopic (exact) mass is 287 g/mol. The Morgan fingerprint density at radius 1 is 1.21 bits per heavy atom. The quantitative estimate of drug-likeness (QED) is 0.583. The zero-order chi connectivity index (χ0) is 14.3. The number of sulfone groups is 1. The maximum atomic E-state index is 11.3. The molecule has 0 bridgehead atoms. The number of nitrogen functional groups attached to an aromatic ring is 1. The predicted molar refractivity (Wildman–Crippen MR) is 75.2 cm³/mol. The van der Waals surface area contributed by atoms with Crippen LogP contribution in [-0.2, 0) is 14.6 Å². The van der Waals surface area contributed by atoms with Crippen LogP contribution in [0.25, 0.3) is 0 Å². The van der Waals surface area contributed by atoms with Gasteiger partial charge in [-0.05, 0) is 24.6 Å². The average Bonchev–Trinajstić information content (AvgIpc) is 2.34. The molecule has 0 unspecified atom stereocenters. The SMILES string of the molecule is CCCCOCCOc1ccc(S(C)(=O)=O)cc1N. The van der Waals surface area contributed by atoms with Crippen molar-refractivity contribution in [3.05, 3.63) is 18.2 Å². The number of benzene rings is 1. The summed E-state index contributed by atoms with van der Waals surface area (Å²) in [5.74, 6) is 0.478. The van der Waals surface area contributed by atoms with Gasteiger partial charge in [-0.3, -0.25) is 0 Å². The number of hydrogen-bond donors (Lipinski definition) is 1. The Morgan fingerprint density at radius 2 is 1.95 bits per heavy atom. The first-order valence-electron chi connectivity index (χ1n) is 6.25. The lowest BCUT2D eigenvalue weighted by atomic mass is 10.3. The third-order valence-electron chi connectivity index (χ3n) is 2.54. The van der Waals surface area contributed by atoms with E-state index in [-0.39, 0.29) is 4.90 Å². The van der Waals surface area contributed by atoms with Crippen molar-refractivity contribution in [1.29, 1.82) is 0 Å². The molecule has 0 saturated heterocycles. The molecule has 0 saturated carbocycles. The molecule has 0 atom stereocenters. The highest BCUT2D eigenvalue weighted by atomic mass is 32.2. The van der Waals surface area contributed by atoms with Gasteiger partial charge >= 0.3 is 0 Å². The maximum absolute atomic E-state index is 11.3.